The smallest absolute Gasteiger partial charge is 0.326 e. The summed E-state index contributed by atoms with van der Waals surface area (Å²) in [7, 11) is 0. The van der Waals surface area contributed by atoms with Crippen molar-refractivity contribution >= 4 is 29.7 Å². The number of carboxylic acid groups (broad SMARTS) is 2. The number of H-pyrrole nitrogens is 1. The molecule has 3 amide bonds. The lowest BCUT2D eigenvalue weighted by Gasteiger charge is -2.27. The second-order valence-electron chi connectivity index (χ2n) is 7.65. The van der Waals surface area contributed by atoms with Gasteiger partial charge in [-0.25, -0.2) is 9.78 Å². The molecule has 1 aliphatic rings. The Bertz CT molecular complexity index is 841. The molecule has 1 fully saturated rings. The van der Waals surface area contributed by atoms with Crippen molar-refractivity contribution in [2.24, 2.45) is 5.73 Å². The van der Waals surface area contributed by atoms with Crippen LogP contribution >= 0.6 is 0 Å². The van der Waals surface area contributed by atoms with Crippen LogP contribution in [0.4, 0.5) is 0 Å². The monoisotopic (exact) mass is 452 g/mol. The Kier molecular flexibility index (Phi) is 8.70. The lowest BCUT2D eigenvalue weighted by Crippen LogP contribution is -2.57. The number of nitrogens with two attached hydrogens (primary N) is 1. The third-order valence-corrected chi connectivity index (χ3v) is 5.10. The van der Waals surface area contributed by atoms with Crippen LogP contribution < -0.4 is 16.4 Å². The summed E-state index contributed by atoms with van der Waals surface area (Å²) in [4.78, 5) is 68.3. The topological polar surface area (TPSA) is 208 Å². The molecule has 1 aliphatic heterocycles. The van der Waals surface area contributed by atoms with Crippen molar-refractivity contribution in [2.75, 3.05) is 6.54 Å². The minimum atomic E-state index is -1.44. The van der Waals surface area contributed by atoms with E-state index in [4.69, 9.17) is 10.8 Å². The maximum atomic E-state index is 12.9. The summed E-state index contributed by atoms with van der Waals surface area (Å²) in [5, 5.41) is 23.0. The number of hydrogen-bond donors (Lipinski definition) is 6. The van der Waals surface area contributed by atoms with Gasteiger partial charge in [-0.15, -0.1) is 0 Å². The number of rotatable bonds is 11. The number of carbonyl (C=O) groups excluding carboxylic acids is 3. The summed E-state index contributed by atoms with van der Waals surface area (Å²) in [6.07, 6.45) is 3.05. The van der Waals surface area contributed by atoms with E-state index >= 15 is 0 Å². The van der Waals surface area contributed by atoms with Crippen molar-refractivity contribution in [3.8, 4) is 0 Å². The van der Waals surface area contributed by atoms with Crippen LogP contribution in [0.3, 0.4) is 0 Å². The lowest BCUT2D eigenvalue weighted by atomic mass is 10.1. The fourth-order valence-electron chi connectivity index (χ4n) is 3.46. The van der Waals surface area contributed by atoms with Crippen LogP contribution in [0.2, 0.25) is 0 Å². The summed E-state index contributed by atoms with van der Waals surface area (Å²) in [5.41, 5.74) is 6.17. The van der Waals surface area contributed by atoms with E-state index in [-0.39, 0.29) is 18.7 Å². The van der Waals surface area contributed by atoms with Crippen molar-refractivity contribution in [3.05, 3.63) is 18.2 Å². The van der Waals surface area contributed by atoms with E-state index in [1.807, 2.05) is 0 Å². The Morgan fingerprint density at radius 2 is 1.97 bits per heavy atom. The second-order valence-corrected chi connectivity index (χ2v) is 7.65. The maximum absolute atomic E-state index is 12.9. The molecule has 2 heterocycles. The van der Waals surface area contributed by atoms with Crippen LogP contribution in [-0.4, -0.2) is 85.5 Å². The summed E-state index contributed by atoms with van der Waals surface area (Å²) in [6.45, 7) is 1.89. The number of imidazole rings is 1. The van der Waals surface area contributed by atoms with E-state index < -0.39 is 54.3 Å². The summed E-state index contributed by atoms with van der Waals surface area (Å²) < 4.78 is 0. The van der Waals surface area contributed by atoms with Gasteiger partial charge in [0.15, 0.2) is 0 Å². The van der Waals surface area contributed by atoms with Crippen molar-refractivity contribution in [1.82, 2.24) is 25.5 Å². The fraction of sp³-hybridized carbons (Fsp3) is 0.579. The van der Waals surface area contributed by atoms with Crippen molar-refractivity contribution in [1.29, 1.82) is 0 Å². The predicted molar refractivity (Wildman–Crippen MR) is 109 cm³/mol. The summed E-state index contributed by atoms with van der Waals surface area (Å²) in [5.74, 6) is -4.33. The molecule has 4 unspecified atom stereocenters. The van der Waals surface area contributed by atoms with Crippen LogP contribution in [0.5, 0.6) is 0 Å². The Hall–Kier alpha value is -3.48. The number of hydrogen-bond acceptors (Lipinski definition) is 7. The van der Waals surface area contributed by atoms with Gasteiger partial charge in [-0.1, -0.05) is 0 Å². The minimum absolute atomic E-state index is 0.0171. The lowest BCUT2D eigenvalue weighted by molar-refractivity contribution is -0.144. The van der Waals surface area contributed by atoms with E-state index in [1.165, 1.54) is 24.3 Å². The normalized spacial score (nSPS) is 18.4. The van der Waals surface area contributed by atoms with Gasteiger partial charge >= 0.3 is 11.9 Å². The molecule has 0 bridgehead atoms. The SMILES string of the molecule is CC(N)C(=O)N1CCCC1C(=O)NC(Cc1cnc[nH]1)C(=O)NC(CCC(=O)O)C(=O)O. The molecule has 32 heavy (non-hydrogen) atoms. The zero-order valence-electron chi connectivity index (χ0n) is 17.6. The van der Waals surface area contributed by atoms with Crippen molar-refractivity contribution in [3.63, 3.8) is 0 Å². The molecule has 0 spiro atoms. The maximum Gasteiger partial charge on any atom is 0.326 e. The molecular weight excluding hydrogens is 424 g/mol. The average molecular weight is 452 g/mol. The summed E-state index contributed by atoms with van der Waals surface area (Å²) in [6, 6.07) is -4.20. The zero-order chi connectivity index (χ0) is 23.8. The molecular formula is C19H28N6O7. The molecule has 0 saturated carbocycles. The van der Waals surface area contributed by atoms with Gasteiger partial charge in [0.25, 0.3) is 0 Å². The van der Waals surface area contributed by atoms with Gasteiger partial charge in [-0.3, -0.25) is 19.2 Å². The first-order chi connectivity index (χ1) is 15.1. The highest BCUT2D eigenvalue weighted by atomic mass is 16.4. The molecule has 1 aromatic rings. The molecule has 0 aromatic carbocycles. The third-order valence-electron chi connectivity index (χ3n) is 5.10. The van der Waals surface area contributed by atoms with E-state index in [1.54, 1.807) is 0 Å². The molecule has 1 aromatic heterocycles. The predicted octanol–water partition coefficient (Wildman–Crippen LogP) is -1.79. The van der Waals surface area contributed by atoms with E-state index in [2.05, 4.69) is 20.6 Å². The molecule has 0 radical (unpaired) electrons. The Morgan fingerprint density at radius 1 is 1.25 bits per heavy atom. The molecule has 7 N–H and O–H groups in total. The van der Waals surface area contributed by atoms with E-state index in [0.717, 1.165) is 0 Å². The molecule has 2 rings (SSSR count). The minimum Gasteiger partial charge on any atom is -0.481 e. The Morgan fingerprint density at radius 3 is 2.53 bits per heavy atom. The van der Waals surface area contributed by atoms with Gasteiger partial charge in [0.1, 0.15) is 18.1 Å². The Balaban J connectivity index is 2.14. The number of amides is 3. The van der Waals surface area contributed by atoms with Gasteiger partial charge in [-0.05, 0) is 26.2 Å². The van der Waals surface area contributed by atoms with Gasteiger partial charge < -0.3 is 36.5 Å². The van der Waals surface area contributed by atoms with Gasteiger partial charge in [0.05, 0.1) is 12.4 Å². The van der Waals surface area contributed by atoms with Crippen molar-refractivity contribution < 1.29 is 34.2 Å². The van der Waals surface area contributed by atoms with Crippen LogP contribution in [0.15, 0.2) is 12.5 Å². The number of aromatic nitrogens is 2. The quantitative estimate of drug-likeness (QED) is 0.224. The van der Waals surface area contributed by atoms with Gasteiger partial charge in [-0.2, -0.15) is 0 Å². The van der Waals surface area contributed by atoms with Gasteiger partial charge in [0.2, 0.25) is 17.7 Å². The van der Waals surface area contributed by atoms with Crippen LogP contribution in [0.25, 0.3) is 0 Å². The highest BCUT2D eigenvalue weighted by Crippen LogP contribution is 2.18. The largest absolute Gasteiger partial charge is 0.481 e. The number of carboxylic acids is 2. The number of aromatic amines is 1. The van der Waals surface area contributed by atoms with Gasteiger partial charge in [0, 0.05) is 31.3 Å². The number of aliphatic carboxylic acids is 2. The van der Waals surface area contributed by atoms with Crippen LogP contribution in [0, 0.1) is 0 Å². The molecule has 13 heteroatoms. The summed E-state index contributed by atoms with van der Waals surface area (Å²) >= 11 is 0. The average Bonchev–Trinajstić information content (AvgIpc) is 3.41. The highest BCUT2D eigenvalue weighted by molar-refractivity contribution is 5.94. The fourth-order valence-corrected chi connectivity index (χ4v) is 3.46. The van der Waals surface area contributed by atoms with E-state index in [0.29, 0.717) is 25.1 Å². The first kappa shape index (κ1) is 24.8. The molecule has 0 aliphatic carbocycles. The molecule has 1 saturated heterocycles. The van der Waals surface area contributed by atoms with E-state index in [9.17, 15) is 29.1 Å². The van der Waals surface area contributed by atoms with Crippen LogP contribution in [-0.2, 0) is 30.4 Å². The third kappa shape index (κ3) is 6.77. The van der Waals surface area contributed by atoms with Crippen molar-refractivity contribution in [2.45, 2.75) is 63.2 Å². The number of nitrogens with one attached hydrogen (secondary N) is 3. The Labute approximate surface area is 183 Å². The molecule has 13 nitrogen and oxygen atoms in total. The van der Waals surface area contributed by atoms with Crippen LogP contribution in [0.1, 0.15) is 38.3 Å². The first-order valence-corrected chi connectivity index (χ1v) is 10.2. The second kappa shape index (κ2) is 11.2. The number of carbonyl (C=O) groups is 5. The number of nitrogens with zero attached hydrogens (tertiary/aromatic N) is 2. The number of likely N-dealkylation sites (tertiary alicyclic amines) is 1. The first-order valence-electron chi connectivity index (χ1n) is 10.2. The highest BCUT2D eigenvalue weighted by Gasteiger charge is 2.37. The standard InChI is InChI=1S/C19H28N6O7/c1-10(20)18(30)25-6-2-3-14(25)17(29)24-13(7-11-8-21-9-22-11)16(28)23-12(19(31)32)4-5-15(26)27/h8-10,12-14H,2-7,20H2,1H3,(H,21,22)(H,23,28)(H,24,29)(H,26,27)(H,31,32). The molecule has 4 atom stereocenters. The molecule has 176 valence electrons. The zero-order valence-corrected chi connectivity index (χ0v) is 17.6.